The van der Waals surface area contributed by atoms with Gasteiger partial charge in [-0.2, -0.15) is 0 Å². The Morgan fingerprint density at radius 1 is 1.04 bits per heavy atom. The van der Waals surface area contributed by atoms with Crippen LogP contribution in [0, 0.1) is 11.8 Å². The molecule has 124 valence electrons. The van der Waals surface area contributed by atoms with E-state index in [9.17, 15) is 9.59 Å². The molecule has 2 fully saturated rings. The van der Waals surface area contributed by atoms with Gasteiger partial charge < -0.3 is 4.74 Å². The number of methoxy groups -OCH3 is 1. The van der Waals surface area contributed by atoms with Crippen LogP contribution in [-0.4, -0.2) is 43.0 Å². The molecule has 0 saturated carbocycles. The fourth-order valence-corrected chi connectivity index (χ4v) is 3.87. The number of imide groups is 1. The quantitative estimate of drug-likeness (QED) is 0.803. The summed E-state index contributed by atoms with van der Waals surface area (Å²) in [6.07, 6.45) is 1.47. The Labute approximate surface area is 137 Å². The van der Waals surface area contributed by atoms with E-state index in [-0.39, 0.29) is 24.3 Å². The molecular formula is C18H24N2O3. The zero-order chi connectivity index (χ0) is 16.6. The van der Waals surface area contributed by atoms with Gasteiger partial charge in [-0.25, -0.2) is 4.90 Å². The number of rotatable bonds is 3. The third-order valence-electron chi connectivity index (χ3n) is 4.79. The van der Waals surface area contributed by atoms with Crippen LogP contribution in [0.25, 0.3) is 0 Å². The summed E-state index contributed by atoms with van der Waals surface area (Å²) in [6.45, 7) is 6.21. The molecular weight excluding hydrogens is 292 g/mol. The van der Waals surface area contributed by atoms with Gasteiger partial charge >= 0.3 is 0 Å². The molecule has 0 bridgehead atoms. The van der Waals surface area contributed by atoms with Crippen LogP contribution in [0.5, 0.6) is 5.75 Å². The van der Waals surface area contributed by atoms with Crippen LogP contribution < -0.4 is 9.64 Å². The van der Waals surface area contributed by atoms with Gasteiger partial charge in [0.05, 0.1) is 25.3 Å². The van der Waals surface area contributed by atoms with Crippen LogP contribution in [0.1, 0.15) is 26.7 Å². The minimum atomic E-state index is -0.310. The van der Waals surface area contributed by atoms with E-state index in [1.807, 2.05) is 0 Å². The first-order chi connectivity index (χ1) is 11.0. The SMILES string of the molecule is COc1ccc(N2C(=O)C[C@H](N3C[C@H](C)C[C@H](C)C3)C2=O)cc1. The topological polar surface area (TPSA) is 49.9 Å². The van der Waals surface area contributed by atoms with Crippen molar-refractivity contribution in [3.05, 3.63) is 24.3 Å². The number of benzene rings is 1. The highest BCUT2D eigenvalue weighted by Crippen LogP contribution is 2.30. The molecule has 2 aliphatic heterocycles. The first kappa shape index (κ1) is 16.0. The van der Waals surface area contributed by atoms with Gasteiger partial charge in [0, 0.05) is 13.1 Å². The molecule has 2 saturated heterocycles. The molecule has 0 spiro atoms. The third-order valence-corrected chi connectivity index (χ3v) is 4.79. The monoisotopic (exact) mass is 316 g/mol. The van der Waals surface area contributed by atoms with Crippen molar-refractivity contribution in [2.24, 2.45) is 11.8 Å². The van der Waals surface area contributed by atoms with Gasteiger partial charge in [0.25, 0.3) is 5.91 Å². The zero-order valence-electron chi connectivity index (χ0n) is 14.0. The lowest BCUT2D eigenvalue weighted by Gasteiger charge is -2.37. The number of carbonyl (C=O) groups is 2. The van der Waals surface area contributed by atoms with Crippen LogP contribution in [0.3, 0.4) is 0 Å². The number of anilines is 1. The van der Waals surface area contributed by atoms with E-state index in [1.54, 1.807) is 31.4 Å². The van der Waals surface area contributed by atoms with Crippen molar-refractivity contribution in [1.82, 2.24) is 4.90 Å². The van der Waals surface area contributed by atoms with E-state index in [2.05, 4.69) is 18.7 Å². The molecule has 0 N–H and O–H groups in total. The predicted octanol–water partition coefficient (Wildman–Crippen LogP) is 2.31. The molecule has 3 atom stereocenters. The summed E-state index contributed by atoms with van der Waals surface area (Å²) in [5.41, 5.74) is 0.626. The highest BCUT2D eigenvalue weighted by atomic mass is 16.5. The Kier molecular flexibility index (Phi) is 4.39. The number of nitrogens with zero attached hydrogens (tertiary/aromatic N) is 2. The third kappa shape index (κ3) is 3.11. The van der Waals surface area contributed by atoms with Crippen LogP contribution in [0.15, 0.2) is 24.3 Å². The molecule has 2 heterocycles. The number of amides is 2. The standard InChI is InChI=1S/C18H24N2O3/c1-12-8-13(2)11-19(10-12)16-9-17(21)20(18(16)22)14-4-6-15(23-3)7-5-14/h4-7,12-13,16H,8-11H2,1-3H3/t12-,13+,16-/m0/s1. The van der Waals surface area contributed by atoms with E-state index in [4.69, 9.17) is 4.74 Å². The number of hydrogen-bond acceptors (Lipinski definition) is 4. The first-order valence-electron chi connectivity index (χ1n) is 8.24. The molecule has 2 amide bonds. The summed E-state index contributed by atoms with van der Waals surface area (Å²) < 4.78 is 5.13. The maximum atomic E-state index is 12.8. The van der Waals surface area contributed by atoms with Crippen molar-refractivity contribution >= 4 is 17.5 Å². The molecule has 5 nitrogen and oxygen atoms in total. The first-order valence-corrected chi connectivity index (χ1v) is 8.24. The molecule has 2 aliphatic rings. The Morgan fingerprint density at radius 3 is 2.22 bits per heavy atom. The largest absolute Gasteiger partial charge is 0.497 e. The summed E-state index contributed by atoms with van der Waals surface area (Å²) in [7, 11) is 1.59. The average Bonchev–Trinajstić information content (AvgIpc) is 2.81. The van der Waals surface area contributed by atoms with E-state index >= 15 is 0 Å². The smallest absolute Gasteiger partial charge is 0.251 e. The van der Waals surface area contributed by atoms with Gasteiger partial charge in [-0.1, -0.05) is 13.8 Å². The number of ether oxygens (including phenoxy) is 1. The maximum absolute atomic E-state index is 12.8. The summed E-state index contributed by atoms with van der Waals surface area (Å²) in [6, 6.07) is 6.76. The van der Waals surface area contributed by atoms with Gasteiger partial charge in [-0.05, 0) is 42.5 Å². The Bertz CT molecular complexity index is 589. The maximum Gasteiger partial charge on any atom is 0.251 e. The lowest BCUT2D eigenvalue weighted by Crippen LogP contribution is -2.48. The highest BCUT2D eigenvalue weighted by Gasteiger charge is 2.44. The normalized spacial score (nSPS) is 29.2. The molecule has 5 heteroatoms. The number of hydrogen-bond donors (Lipinski definition) is 0. The Morgan fingerprint density at radius 2 is 1.65 bits per heavy atom. The average molecular weight is 316 g/mol. The van der Waals surface area contributed by atoms with Crippen molar-refractivity contribution in [3.63, 3.8) is 0 Å². The highest BCUT2D eigenvalue weighted by molar-refractivity contribution is 6.22. The predicted molar refractivity (Wildman–Crippen MR) is 88.4 cm³/mol. The molecule has 1 aromatic carbocycles. The summed E-state index contributed by atoms with van der Waals surface area (Å²) in [4.78, 5) is 28.7. The van der Waals surface area contributed by atoms with Gasteiger partial charge in [0.15, 0.2) is 0 Å². The fraction of sp³-hybridized carbons (Fsp3) is 0.556. The van der Waals surface area contributed by atoms with E-state index in [0.29, 0.717) is 23.3 Å². The molecule has 0 unspecified atom stereocenters. The van der Waals surface area contributed by atoms with Crippen molar-refractivity contribution < 1.29 is 14.3 Å². The second-order valence-electron chi connectivity index (χ2n) is 6.89. The van der Waals surface area contributed by atoms with Crippen molar-refractivity contribution in [2.45, 2.75) is 32.7 Å². The molecule has 0 aliphatic carbocycles. The van der Waals surface area contributed by atoms with Gasteiger partial charge in [0.1, 0.15) is 5.75 Å². The zero-order valence-corrected chi connectivity index (χ0v) is 14.0. The second-order valence-corrected chi connectivity index (χ2v) is 6.89. The molecule has 1 aromatic rings. The summed E-state index contributed by atoms with van der Waals surface area (Å²) in [5.74, 6) is 1.63. The Hall–Kier alpha value is -1.88. The fourth-order valence-electron chi connectivity index (χ4n) is 3.87. The van der Waals surface area contributed by atoms with E-state index in [1.165, 1.54) is 11.3 Å². The van der Waals surface area contributed by atoms with Gasteiger partial charge in [-0.15, -0.1) is 0 Å². The number of likely N-dealkylation sites (tertiary alicyclic amines) is 1. The molecule has 3 rings (SSSR count). The summed E-state index contributed by atoms with van der Waals surface area (Å²) >= 11 is 0. The lowest BCUT2D eigenvalue weighted by atomic mass is 9.90. The van der Waals surface area contributed by atoms with Crippen LogP contribution in [-0.2, 0) is 9.59 Å². The van der Waals surface area contributed by atoms with Gasteiger partial charge in [0.2, 0.25) is 5.91 Å². The van der Waals surface area contributed by atoms with E-state index in [0.717, 1.165) is 13.1 Å². The van der Waals surface area contributed by atoms with Gasteiger partial charge in [-0.3, -0.25) is 14.5 Å². The van der Waals surface area contributed by atoms with Crippen molar-refractivity contribution in [2.75, 3.05) is 25.1 Å². The Balaban J connectivity index is 1.79. The minimum Gasteiger partial charge on any atom is -0.497 e. The summed E-state index contributed by atoms with van der Waals surface area (Å²) in [5, 5.41) is 0. The van der Waals surface area contributed by atoms with Crippen LogP contribution in [0.2, 0.25) is 0 Å². The van der Waals surface area contributed by atoms with Crippen molar-refractivity contribution in [1.29, 1.82) is 0 Å². The van der Waals surface area contributed by atoms with E-state index < -0.39 is 0 Å². The molecule has 23 heavy (non-hydrogen) atoms. The number of carbonyl (C=O) groups excluding carboxylic acids is 2. The lowest BCUT2D eigenvalue weighted by molar-refractivity contribution is -0.123. The van der Waals surface area contributed by atoms with Crippen LogP contribution in [0.4, 0.5) is 5.69 Å². The minimum absolute atomic E-state index is 0.0959. The second kappa shape index (κ2) is 6.32. The number of piperidine rings is 1. The molecule has 0 aromatic heterocycles. The van der Waals surface area contributed by atoms with Crippen molar-refractivity contribution in [3.8, 4) is 5.75 Å². The molecule has 0 radical (unpaired) electrons. The van der Waals surface area contributed by atoms with Crippen LogP contribution >= 0.6 is 0 Å².